The maximum Gasteiger partial charge on any atom is 0.0593 e. The summed E-state index contributed by atoms with van der Waals surface area (Å²) in [6.07, 6.45) is 9.54. The molecule has 0 radical (unpaired) electrons. The van der Waals surface area contributed by atoms with E-state index >= 15 is 0 Å². The Labute approximate surface area is 128 Å². The number of hydrogen-bond acceptors (Lipinski definition) is 4. The summed E-state index contributed by atoms with van der Waals surface area (Å²) in [4.78, 5) is 6.53. The second-order valence-corrected chi connectivity index (χ2v) is 6.19. The molecule has 2 unspecified atom stereocenters. The fraction of sp³-hybridized carbons (Fsp3) is 0.706. The number of pyridine rings is 1. The van der Waals surface area contributed by atoms with Crippen molar-refractivity contribution in [1.82, 2.24) is 9.88 Å². The molecule has 21 heavy (non-hydrogen) atoms. The molecule has 0 aromatic carbocycles. The van der Waals surface area contributed by atoms with Gasteiger partial charge in [-0.1, -0.05) is 13.3 Å². The van der Waals surface area contributed by atoms with Gasteiger partial charge in [-0.2, -0.15) is 0 Å². The van der Waals surface area contributed by atoms with Crippen molar-refractivity contribution in [2.45, 2.75) is 50.7 Å². The molecule has 1 aromatic heterocycles. The summed E-state index contributed by atoms with van der Waals surface area (Å²) in [6, 6.07) is 4.18. The van der Waals surface area contributed by atoms with E-state index in [1.54, 1.807) is 0 Å². The van der Waals surface area contributed by atoms with Gasteiger partial charge in [0.25, 0.3) is 0 Å². The Morgan fingerprint density at radius 3 is 2.86 bits per heavy atom. The standard InChI is InChI=1S/C17H29N3O/c1-3-4-16-13-17(14-18,8-12-21-16)20(2)11-7-15-5-9-19-10-6-15/h5-6,9-10,16H,3-4,7-8,11-14,18H2,1-2H3. The molecular weight excluding hydrogens is 262 g/mol. The summed E-state index contributed by atoms with van der Waals surface area (Å²) in [5.74, 6) is 0. The third kappa shape index (κ3) is 4.25. The number of rotatable bonds is 7. The molecule has 2 atom stereocenters. The van der Waals surface area contributed by atoms with Gasteiger partial charge in [0.1, 0.15) is 0 Å². The second kappa shape index (κ2) is 7.87. The highest BCUT2D eigenvalue weighted by Crippen LogP contribution is 2.31. The highest BCUT2D eigenvalue weighted by atomic mass is 16.5. The molecule has 4 nitrogen and oxygen atoms in total. The van der Waals surface area contributed by atoms with Gasteiger partial charge >= 0.3 is 0 Å². The van der Waals surface area contributed by atoms with E-state index in [0.717, 1.165) is 38.8 Å². The van der Waals surface area contributed by atoms with Crippen LogP contribution in [0.5, 0.6) is 0 Å². The summed E-state index contributed by atoms with van der Waals surface area (Å²) in [5, 5.41) is 0. The van der Waals surface area contributed by atoms with Crippen molar-refractivity contribution < 1.29 is 4.74 Å². The fourth-order valence-corrected chi connectivity index (χ4v) is 3.28. The first-order chi connectivity index (χ1) is 10.2. The van der Waals surface area contributed by atoms with Crippen LogP contribution >= 0.6 is 0 Å². The van der Waals surface area contributed by atoms with Gasteiger partial charge in [-0.3, -0.25) is 9.88 Å². The van der Waals surface area contributed by atoms with Crippen molar-refractivity contribution in [3.8, 4) is 0 Å². The van der Waals surface area contributed by atoms with Crippen LogP contribution < -0.4 is 5.73 Å². The monoisotopic (exact) mass is 291 g/mol. The van der Waals surface area contributed by atoms with Crippen molar-refractivity contribution >= 4 is 0 Å². The molecule has 1 fully saturated rings. The molecule has 0 spiro atoms. The van der Waals surface area contributed by atoms with Crippen molar-refractivity contribution in [2.24, 2.45) is 5.73 Å². The van der Waals surface area contributed by atoms with Crippen LogP contribution in [0.4, 0.5) is 0 Å². The van der Waals surface area contributed by atoms with Crippen LogP contribution in [0.1, 0.15) is 38.2 Å². The number of aromatic nitrogens is 1. The van der Waals surface area contributed by atoms with E-state index < -0.39 is 0 Å². The maximum atomic E-state index is 6.16. The zero-order valence-corrected chi connectivity index (χ0v) is 13.4. The largest absolute Gasteiger partial charge is 0.378 e. The molecule has 0 bridgehead atoms. The SMILES string of the molecule is CCCC1CC(CN)(N(C)CCc2ccncc2)CCO1. The van der Waals surface area contributed by atoms with Crippen LogP contribution in [0.25, 0.3) is 0 Å². The Balaban J connectivity index is 1.95. The summed E-state index contributed by atoms with van der Waals surface area (Å²) in [7, 11) is 2.21. The molecule has 2 N–H and O–H groups in total. The first kappa shape index (κ1) is 16.4. The van der Waals surface area contributed by atoms with Crippen LogP contribution in [0.15, 0.2) is 24.5 Å². The van der Waals surface area contributed by atoms with Gasteiger partial charge in [0.15, 0.2) is 0 Å². The molecule has 118 valence electrons. The average molecular weight is 291 g/mol. The lowest BCUT2D eigenvalue weighted by Crippen LogP contribution is -2.57. The molecule has 1 aliphatic rings. The molecule has 1 saturated heterocycles. The fourth-order valence-electron chi connectivity index (χ4n) is 3.28. The summed E-state index contributed by atoms with van der Waals surface area (Å²) < 4.78 is 5.90. The number of likely N-dealkylation sites (N-methyl/N-ethyl adjacent to an activating group) is 1. The minimum Gasteiger partial charge on any atom is -0.378 e. The average Bonchev–Trinajstić information content (AvgIpc) is 2.54. The van der Waals surface area contributed by atoms with Gasteiger partial charge in [0.2, 0.25) is 0 Å². The van der Waals surface area contributed by atoms with Gasteiger partial charge in [-0.15, -0.1) is 0 Å². The zero-order valence-electron chi connectivity index (χ0n) is 13.4. The molecule has 2 heterocycles. The van der Waals surface area contributed by atoms with E-state index in [0.29, 0.717) is 12.6 Å². The smallest absolute Gasteiger partial charge is 0.0593 e. The highest BCUT2D eigenvalue weighted by molar-refractivity contribution is 5.10. The zero-order chi connectivity index (χ0) is 15.1. The third-order valence-electron chi connectivity index (χ3n) is 4.81. The van der Waals surface area contributed by atoms with Crippen molar-refractivity contribution in [3.05, 3.63) is 30.1 Å². The Bertz CT molecular complexity index is 410. The molecule has 0 aliphatic carbocycles. The first-order valence-corrected chi connectivity index (χ1v) is 8.12. The molecule has 1 aliphatic heterocycles. The lowest BCUT2D eigenvalue weighted by Gasteiger charge is -2.46. The summed E-state index contributed by atoms with van der Waals surface area (Å²) in [5.41, 5.74) is 7.60. The van der Waals surface area contributed by atoms with Gasteiger partial charge in [-0.25, -0.2) is 0 Å². The van der Waals surface area contributed by atoms with Gasteiger partial charge in [-0.05, 0) is 50.4 Å². The minimum atomic E-state index is 0.102. The van der Waals surface area contributed by atoms with E-state index in [1.165, 1.54) is 12.0 Å². The van der Waals surface area contributed by atoms with E-state index in [2.05, 4.69) is 36.0 Å². The minimum absolute atomic E-state index is 0.102. The van der Waals surface area contributed by atoms with E-state index in [9.17, 15) is 0 Å². The van der Waals surface area contributed by atoms with Crippen molar-refractivity contribution in [1.29, 1.82) is 0 Å². The van der Waals surface area contributed by atoms with Gasteiger partial charge in [0.05, 0.1) is 6.10 Å². The van der Waals surface area contributed by atoms with Crippen molar-refractivity contribution in [2.75, 3.05) is 26.7 Å². The van der Waals surface area contributed by atoms with E-state index in [4.69, 9.17) is 10.5 Å². The number of ether oxygens (including phenoxy) is 1. The highest BCUT2D eigenvalue weighted by Gasteiger charge is 2.38. The topological polar surface area (TPSA) is 51.4 Å². The van der Waals surface area contributed by atoms with Crippen LogP contribution in [-0.4, -0.2) is 48.3 Å². The lowest BCUT2D eigenvalue weighted by molar-refractivity contribution is -0.0665. The quantitative estimate of drug-likeness (QED) is 0.837. The second-order valence-electron chi connectivity index (χ2n) is 6.19. The van der Waals surface area contributed by atoms with Crippen molar-refractivity contribution in [3.63, 3.8) is 0 Å². The third-order valence-corrected chi connectivity index (χ3v) is 4.81. The Morgan fingerprint density at radius 2 is 2.19 bits per heavy atom. The summed E-state index contributed by atoms with van der Waals surface area (Å²) >= 11 is 0. The molecule has 0 amide bonds. The molecule has 0 saturated carbocycles. The maximum absolute atomic E-state index is 6.16. The Hall–Kier alpha value is -0.970. The Kier molecular flexibility index (Phi) is 6.15. The van der Waals surface area contributed by atoms with Crippen LogP contribution in [0.2, 0.25) is 0 Å². The van der Waals surface area contributed by atoms with Crippen LogP contribution in [0.3, 0.4) is 0 Å². The van der Waals surface area contributed by atoms with E-state index in [-0.39, 0.29) is 5.54 Å². The predicted octanol–water partition coefficient (Wildman–Crippen LogP) is 2.23. The molecule has 2 rings (SSSR count). The number of hydrogen-bond donors (Lipinski definition) is 1. The molecule has 1 aromatic rings. The molecular formula is C17H29N3O. The first-order valence-electron chi connectivity index (χ1n) is 8.12. The number of nitrogens with zero attached hydrogens (tertiary/aromatic N) is 2. The van der Waals surface area contributed by atoms with Crippen LogP contribution in [0, 0.1) is 0 Å². The van der Waals surface area contributed by atoms with Gasteiger partial charge < -0.3 is 10.5 Å². The molecule has 4 heteroatoms. The summed E-state index contributed by atoms with van der Waals surface area (Å²) in [6.45, 7) is 4.79. The lowest BCUT2D eigenvalue weighted by atomic mass is 9.83. The normalized spacial score (nSPS) is 26.2. The van der Waals surface area contributed by atoms with Crippen LogP contribution in [-0.2, 0) is 11.2 Å². The number of nitrogens with two attached hydrogens (primary N) is 1. The van der Waals surface area contributed by atoms with E-state index in [1.807, 2.05) is 12.4 Å². The Morgan fingerprint density at radius 1 is 1.43 bits per heavy atom. The van der Waals surface area contributed by atoms with Gasteiger partial charge in [0, 0.05) is 37.6 Å². The predicted molar refractivity (Wildman–Crippen MR) is 86.2 cm³/mol.